The second kappa shape index (κ2) is 7.36. The lowest BCUT2D eigenvalue weighted by atomic mass is 10.1. The van der Waals surface area contributed by atoms with Crippen molar-refractivity contribution < 1.29 is 9.13 Å². The first-order valence-electron chi connectivity index (χ1n) is 9.22. The van der Waals surface area contributed by atoms with Crippen LogP contribution in [-0.4, -0.2) is 34.6 Å². The third-order valence-corrected chi connectivity index (χ3v) is 4.51. The smallest absolute Gasteiger partial charge is 0.240 e. The third-order valence-electron chi connectivity index (χ3n) is 4.51. The largest absolute Gasteiger partial charge is 0.468 e. The summed E-state index contributed by atoms with van der Waals surface area (Å²) in [5.74, 6) is 0.971. The number of nitrogens with zero attached hydrogens (tertiary/aromatic N) is 7. The van der Waals surface area contributed by atoms with Crippen LogP contribution in [0.3, 0.4) is 0 Å². The number of halogens is 1. The first-order chi connectivity index (χ1) is 14.7. The van der Waals surface area contributed by atoms with E-state index in [2.05, 4.69) is 25.4 Å². The molecular formula is C21H16FN7O. The van der Waals surface area contributed by atoms with Gasteiger partial charge >= 0.3 is 0 Å². The van der Waals surface area contributed by atoms with Crippen LogP contribution in [-0.2, 0) is 13.7 Å². The summed E-state index contributed by atoms with van der Waals surface area (Å²) < 4.78 is 22.8. The molecule has 0 atom stereocenters. The van der Waals surface area contributed by atoms with Gasteiger partial charge in [0.1, 0.15) is 12.1 Å². The van der Waals surface area contributed by atoms with Crippen LogP contribution >= 0.6 is 0 Å². The van der Waals surface area contributed by atoms with Crippen molar-refractivity contribution in [2.75, 3.05) is 0 Å². The van der Waals surface area contributed by atoms with E-state index in [1.54, 1.807) is 34.7 Å². The van der Waals surface area contributed by atoms with Crippen molar-refractivity contribution >= 4 is 5.65 Å². The average molecular weight is 401 g/mol. The molecular weight excluding hydrogens is 385 g/mol. The molecule has 5 rings (SSSR count). The van der Waals surface area contributed by atoms with Crippen LogP contribution in [0.2, 0.25) is 0 Å². The van der Waals surface area contributed by atoms with Gasteiger partial charge in [0.05, 0.1) is 0 Å². The summed E-state index contributed by atoms with van der Waals surface area (Å²) in [5.41, 5.74) is 2.78. The van der Waals surface area contributed by atoms with Gasteiger partial charge in [-0.25, -0.2) is 9.37 Å². The Bertz CT molecular complexity index is 1330. The lowest BCUT2D eigenvalue weighted by molar-refractivity contribution is 0.281. The fourth-order valence-corrected chi connectivity index (χ4v) is 3.14. The predicted molar refractivity (Wildman–Crippen MR) is 107 cm³/mol. The van der Waals surface area contributed by atoms with Gasteiger partial charge in [-0.2, -0.15) is 9.61 Å². The SMILES string of the molecule is Cn1cnc(COc2nn3c(-c4cccc(F)c4)nnc3cc2-c2ccccc2)n1. The van der Waals surface area contributed by atoms with E-state index in [0.29, 0.717) is 28.7 Å². The molecule has 8 nitrogen and oxygen atoms in total. The molecule has 0 saturated carbocycles. The van der Waals surface area contributed by atoms with Gasteiger partial charge < -0.3 is 4.74 Å². The van der Waals surface area contributed by atoms with E-state index in [1.165, 1.54) is 12.1 Å². The number of hydrogen-bond acceptors (Lipinski definition) is 6. The molecule has 0 fully saturated rings. The minimum Gasteiger partial charge on any atom is -0.468 e. The molecule has 0 radical (unpaired) electrons. The Kier molecular flexibility index (Phi) is 4.40. The van der Waals surface area contributed by atoms with Crippen LogP contribution < -0.4 is 4.74 Å². The van der Waals surface area contributed by atoms with Gasteiger partial charge in [-0.15, -0.1) is 15.3 Å². The molecule has 0 spiro atoms. The van der Waals surface area contributed by atoms with E-state index < -0.39 is 0 Å². The minimum absolute atomic E-state index is 0.149. The molecule has 0 saturated heterocycles. The van der Waals surface area contributed by atoms with Crippen LogP contribution in [0.25, 0.3) is 28.2 Å². The van der Waals surface area contributed by atoms with Gasteiger partial charge in [-0.05, 0) is 23.8 Å². The maximum atomic E-state index is 13.7. The number of rotatable bonds is 5. The van der Waals surface area contributed by atoms with E-state index in [1.807, 2.05) is 36.4 Å². The molecule has 0 aliphatic carbocycles. The second-order valence-corrected chi connectivity index (χ2v) is 6.66. The number of hydrogen-bond donors (Lipinski definition) is 0. The maximum absolute atomic E-state index is 13.7. The zero-order valence-corrected chi connectivity index (χ0v) is 16.0. The quantitative estimate of drug-likeness (QED) is 0.449. The number of fused-ring (bicyclic) bond motifs is 1. The van der Waals surface area contributed by atoms with E-state index in [4.69, 9.17) is 4.74 Å². The molecule has 30 heavy (non-hydrogen) atoms. The van der Waals surface area contributed by atoms with Gasteiger partial charge in [-0.3, -0.25) is 4.68 Å². The summed E-state index contributed by atoms with van der Waals surface area (Å²) in [6.45, 7) is 0.149. The molecule has 0 unspecified atom stereocenters. The first kappa shape index (κ1) is 17.9. The number of aryl methyl sites for hydroxylation is 1. The monoisotopic (exact) mass is 401 g/mol. The van der Waals surface area contributed by atoms with Crippen molar-refractivity contribution in [3.8, 4) is 28.4 Å². The highest BCUT2D eigenvalue weighted by atomic mass is 19.1. The van der Waals surface area contributed by atoms with Gasteiger partial charge in [0, 0.05) is 18.2 Å². The second-order valence-electron chi connectivity index (χ2n) is 6.66. The lowest BCUT2D eigenvalue weighted by Gasteiger charge is -2.10. The fraction of sp³-hybridized carbons (Fsp3) is 0.0952. The van der Waals surface area contributed by atoms with Crippen molar-refractivity contribution in [3.05, 3.63) is 78.6 Å². The summed E-state index contributed by atoms with van der Waals surface area (Å²) in [7, 11) is 1.79. The fourth-order valence-electron chi connectivity index (χ4n) is 3.14. The molecule has 148 valence electrons. The van der Waals surface area contributed by atoms with E-state index in [0.717, 1.165) is 11.1 Å². The van der Waals surface area contributed by atoms with Gasteiger partial charge in [0.25, 0.3) is 0 Å². The Morgan fingerprint density at radius 3 is 2.53 bits per heavy atom. The summed E-state index contributed by atoms with van der Waals surface area (Å²) >= 11 is 0. The highest BCUT2D eigenvalue weighted by Crippen LogP contribution is 2.30. The van der Waals surface area contributed by atoms with Crippen molar-refractivity contribution in [3.63, 3.8) is 0 Å². The molecule has 0 N–H and O–H groups in total. The zero-order chi connectivity index (χ0) is 20.5. The van der Waals surface area contributed by atoms with Crippen LogP contribution in [0.1, 0.15) is 5.82 Å². The predicted octanol–water partition coefficient (Wildman–Crippen LogP) is 3.30. The Morgan fingerprint density at radius 2 is 1.77 bits per heavy atom. The normalized spacial score (nSPS) is 11.1. The Labute approximate surface area is 170 Å². The van der Waals surface area contributed by atoms with Gasteiger partial charge in [0.15, 0.2) is 23.9 Å². The van der Waals surface area contributed by atoms with Crippen LogP contribution in [0.5, 0.6) is 5.88 Å². The van der Waals surface area contributed by atoms with Crippen molar-refractivity contribution in [2.24, 2.45) is 7.05 Å². The molecule has 0 aliphatic rings. The molecule has 0 bridgehead atoms. The van der Waals surface area contributed by atoms with Crippen molar-refractivity contribution in [1.29, 1.82) is 0 Å². The molecule has 3 heterocycles. The van der Waals surface area contributed by atoms with Gasteiger partial charge in [-0.1, -0.05) is 42.5 Å². The minimum atomic E-state index is -0.358. The number of benzene rings is 2. The molecule has 2 aromatic carbocycles. The van der Waals surface area contributed by atoms with Crippen LogP contribution in [0, 0.1) is 5.82 Å². The topological polar surface area (TPSA) is 83.0 Å². The highest BCUT2D eigenvalue weighted by Gasteiger charge is 2.17. The van der Waals surface area contributed by atoms with Crippen LogP contribution in [0.4, 0.5) is 4.39 Å². The van der Waals surface area contributed by atoms with Gasteiger partial charge in [0.2, 0.25) is 5.88 Å². The Morgan fingerprint density at radius 1 is 0.933 bits per heavy atom. The standard InChI is InChI=1S/C21H16FN7O/c1-28-13-23-18(26-28)12-30-21-17(14-6-3-2-4-7-14)11-19-24-25-20(29(19)27-21)15-8-5-9-16(22)10-15/h2-11,13H,12H2,1H3. The molecule has 0 amide bonds. The van der Waals surface area contributed by atoms with Crippen LogP contribution in [0.15, 0.2) is 67.0 Å². The van der Waals surface area contributed by atoms with E-state index in [9.17, 15) is 4.39 Å². The summed E-state index contributed by atoms with van der Waals surface area (Å²) in [4.78, 5) is 4.19. The highest BCUT2D eigenvalue weighted by molar-refractivity contribution is 5.72. The summed E-state index contributed by atoms with van der Waals surface area (Å²) in [6, 6.07) is 17.7. The molecule has 3 aromatic heterocycles. The lowest BCUT2D eigenvalue weighted by Crippen LogP contribution is -2.05. The summed E-state index contributed by atoms with van der Waals surface area (Å²) in [6.07, 6.45) is 1.61. The van der Waals surface area contributed by atoms with E-state index >= 15 is 0 Å². The number of ether oxygens (including phenoxy) is 1. The maximum Gasteiger partial charge on any atom is 0.240 e. The average Bonchev–Trinajstić information content (AvgIpc) is 3.37. The first-order valence-corrected chi connectivity index (χ1v) is 9.22. The molecule has 9 heteroatoms. The Balaban J connectivity index is 1.62. The molecule has 5 aromatic rings. The van der Waals surface area contributed by atoms with Crippen molar-refractivity contribution in [1.82, 2.24) is 34.6 Å². The third kappa shape index (κ3) is 3.37. The Hall–Kier alpha value is -4.14. The van der Waals surface area contributed by atoms with Crippen molar-refractivity contribution in [2.45, 2.75) is 6.61 Å². The summed E-state index contributed by atoms with van der Waals surface area (Å²) in [5, 5.41) is 17.3. The zero-order valence-electron chi connectivity index (χ0n) is 16.0. The van der Waals surface area contributed by atoms with E-state index in [-0.39, 0.29) is 12.4 Å². The number of aromatic nitrogens is 7. The molecule has 0 aliphatic heterocycles.